The summed E-state index contributed by atoms with van der Waals surface area (Å²) < 4.78 is 0. The van der Waals surface area contributed by atoms with Gasteiger partial charge in [-0.15, -0.1) is 0 Å². The van der Waals surface area contributed by atoms with Crippen LogP contribution in [-0.2, 0) is 48.4 Å². The van der Waals surface area contributed by atoms with Gasteiger partial charge in [-0.1, -0.05) is 0 Å². The minimum Gasteiger partial charge on any atom is -0.550 e. The Balaban J connectivity index is 0.000000263. The molecule has 0 fully saturated rings. The predicted molar refractivity (Wildman–Crippen MR) is 334 cm³/mol. The first-order chi connectivity index (χ1) is 45.7. The summed E-state index contributed by atoms with van der Waals surface area (Å²) in [5.41, 5.74) is 19.3. The van der Waals surface area contributed by atoms with Gasteiger partial charge in [0.1, 0.15) is 18.1 Å². The van der Waals surface area contributed by atoms with Crippen LogP contribution in [0.25, 0.3) is 33.5 Å². The largest absolute Gasteiger partial charge is 2.00 e. The van der Waals surface area contributed by atoms with Crippen LogP contribution in [0.1, 0.15) is 86.7 Å². The average molecular weight is 1380 g/mol. The number of hydrogen-bond acceptors (Lipinski definition) is 30. The van der Waals surface area contributed by atoms with E-state index in [1.165, 1.54) is 55.0 Å². The first kappa shape index (κ1) is 77.3. The van der Waals surface area contributed by atoms with Crippen molar-refractivity contribution in [1.82, 2.24) is 75.8 Å². The van der Waals surface area contributed by atoms with Crippen LogP contribution in [0.3, 0.4) is 0 Å². The molecule has 9 aromatic rings. The van der Waals surface area contributed by atoms with Crippen molar-refractivity contribution >= 4 is 160 Å². The van der Waals surface area contributed by atoms with Gasteiger partial charge >= 0.3 is 85.2 Å². The molecule has 0 radical (unpaired) electrons. The third-order valence-corrected chi connectivity index (χ3v) is 13.0. The quantitative estimate of drug-likeness (QED) is 0.0213. The number of nitrogens with one attached hydrogen (secondary N) is 9. The van der Waals surface area contributed by atoms with Crippen LogP contribution >= 0.6 is 0 Å². The Labute approximate surface area is 600 Å². The molecule has 0 saturated heterocycles. The second-order valence-electron chi connectivity index (χ2n) is 20.1. The maximum atomic E-state index is 12.3. The van der Waals surface area contributed by atoms with Gasteiger partial charge in [0.05, 0.1) is 55.3 Å². The van der Waals surface area contributed by atoms with Crippen molar-refractivity contribution in [2.45, 2.75) is 76.3 Å². The average Bonchev–Trinajstić information content (AvgIpc) is 0.829. The van der Waals surface area contributed by atoms with Crippen LogP contribution in [0.5, 0.6) is 0 Å². The number of carboxylic acids is 6. The second kappa shape index (κ2) is 36.5. The molecule has 6 heterocycles. The number of benzene rings is 3. The van der Waals surface area contributed by atoms with E-state index in [0.717, 1.165) is 0 Å². The van der Waals surface area contributed by atoms with Gasteiger partial charge in [0.25, 0.3) is 34.4 Å². The molecule has 3 atom stereocenters. The van der Waals surface area contributed by atoms with Crippen molar-refractivity contribution in [3.05, 3.63) is 156 Å². The summed E-state index contributed by atoms with van der Waals surface area (Å²) in [6.07, 6.45) is 1.99. The minimum absolute atomic E-state index is 0. The number of nitrogens with two attached hydrogens (primary N) is 3. The zero-order valence-corrected chi connectivity index (χ0v) is 55.4. The third-order valence-electron chi connectivity index (χ3n) is 13.0. The summed E-state index contributed by atoms with van der Waals surface area (Å²) in [5, 5.41) is 74.9. The van der Waals surface area contributed by atoms with E-state index < -0.39 is 108 Å². The van der Waals surface area contributed by atoms with E-state index in [1.54, 1.807) is 36.4 Å². The van der Waals surface area contributed by atoms with E-state index >= 15 is 0 Å². The van der Waals surface area contributed by atoms with Crippen LogP contribution < -0.4 is 111 Å². The van der Waals surface area contributed by atoms with Crippen LogP contribution in [0.2, 0.25) is 0 Å². The molecule has 0 saturated carbocycles. The normalized spacial score (nSPS) is 11.4. The zero-order chi connectivity index (χ0) is 69.8. The Morgan fingerprint density at radius 3 is 0.857 bits per heavy atom. The number of carbonyl (C=O) groups is 9. The Kier molecular flexibility index (Phi) is 28.8. The molecule has 39 nitrogen and oxygen atoms in total. The molecule has 3 aromatic carbocycles. The summed E-state index contributed by atoms with van der Waals surface area (Å²) in [6, 6.07) is 14.3. The number of H-pyrrole nitrogens is 3. The molecule has 0 aliphatic rings. The fourth-order valence-electron chi connectivity index (χ4n) is 8.25. The number of rotatable bonds is 27. The van der Waals surface area contributed by atoms with E-state index in [4.69, 9.17) is 32.5 Å². The van der Waals surface area contributed by atoms with E-state index in [0.29, 0.717) is 34.1 Å². The maximum absolute atomic E-state index is 12.3. The van der Waals surface area contributed by atoms with Gasteiger partial charge < -0.3 is 94.1 Å². The number of anilines is 6. The number of aromatic nitrogens is 12. The van der Waals surface area contributed by atoms with E-state index in [9.17, 15) is 72.9 Å². The minimum atomic E-state index is -1.40. The van der Waals surface area contributed by atoms with Gasteiger partial charge in [0.2, 0.25) is 17.8 Å². The van der Waals surface area contributed by atoms with E-state index in [-0.39, 0.29) is 174 Å². The molecule has 9 rings (SSSR count). The molecule has 41 heteroatoms. The Bertz CT molecular complexity index is 4150. The van der Waals surface area contributed by atoms with Gasteiger partial charge in [-0.05, 0) is 111 Å². The monoisotopic (exact) mass is 1380 g/mol. The van der Waals surface area contributed by atoms with Crippen LogP contribution in [-0.4, -0.2) is 185 Å². The standard InChI is InChI=1S/3C19H19N7O6.Ca.Na/c3*20-19-25-15-14(17(30)26-19)23-11(8-22-15)7-21-10-3-1-9(2-4-10)16(29)24-12(18(31)32)5-6-13(27)28;;/h3*1-4,8,12,21H,5-7H2,(H,24,29)(H,27,28)(H,31,32)(H3,20,22,25,26,30);;/q;;;+2;+1/p-3/t3*12-;;/m000../s1. The molecule has 0 aliphatic carbocycles. The molecule has 498 valence electrons. The Morgan fingerprint density at radius 2 is 0.643 bits per heavy atom. The van der Waals surface area contributed by atoms with Gasteiger partial charge in [0, 0.05) is 51.7 Å². The van der Waals surface area contributed by atoms with E-state index in [2.05, 4.69) is 91.7 Å². The molecule has 98 heavy (non-hydrogen) atoms. The Morgan fingerprint density at radius 1 is 0.408 bits per heavy atom. The van der Waals surface area contributed by atoms with Gasteiger partial charge in [0.15, 0.2) is 33.5 Å². The third kappa shape index (κ3) is 23.2. The summed E-state index contributed by atoms with van der Waals surface area (Å²) in [6.45, 7) is 0.674. The topological polar surface area (TPSA) is 648 Å². The Hall–Kier alpha value is -11.4. The number of fused-ring (bicyclic) bond motifs is 3. The van der Waals surface area contributed by atoms with Gasteiger partial charge in [-0.3, -0.25) is 43.7 Å². The fourth-order valence-corrected chi connectivity index (χ4v) is 8.25. The van der Waals surface area contributed by atoms with Gasteiger partial charge in [-0.25, -0.2) is 44.3 Å². The fraction of sp³-hybridized carbons (Fsp3) is 0.211. The van der Waals surface area contributed by atoms with Crippen molar-refractivity contribution < 1.29 is 103 Å². The molecule has 0 unspecified atom stereocenters. The van der Waals surface area contributed by atoms with E-state index in [1.807, 2.05) is 0 Å². The van der Waals surface area contributed by atoms with Crippen molar-refractivity contribution in [2.75, 3.05) is 33.2 Å². The van der Waals surface area contributed by atoms with Crippen molar-refractivity contribution in [2.24, 2.45) is 0 Å². The summed E-state index contributed by atoms with van der Waals surface area (Å²) in [5.74, 6) is -10.4. The summed E-state index contributed by atoms with van der Waals surface area (Å²) in [4.78, 5) is 181. The number of carbonyl (C=O) groups excluding carboxylic acids is 6. The number of aliphatic carboxylic acids is 6. The molecule has 0 aliphatic heterocycles. The SMILES string of the molecule is Nc1nc2ncc(CNc3ccc(C(=O)N[C@@H](CCC(=O)[O-])C(=O)O)cc3)nc2c(=O)[nH]1.Nc1nc2ncc(CNc3ccc(C(=O)N[C@@H](CCC(=O)[O-])C(=O)O)cc3)nc2c(=O)[nH]1.Nc1nc2ncc(CNc3ccc(C(=O)N[C@@H](CCC(=O)[O-])C(=O)O)cc3)nc2c(=O)[nH]1.[Ca+2].[Na+]. The molecule has 6 aromatic heterocycles. The van der Waals surface area contributed by atoms with Crippen LogP contribution in [0, 0.1) is 0 Å². The smallest absolute Gasteiger partial charge is 0.550 e. The number of nitrogens with zero attached hydrogens (tertiary/aromatic N) is 9. The van der Waals surface area contributed by atoms with Crippen molar-refractivity contribution in [1.29, 1.82) is 0 Å². The summed E-state index contributed by atoms with van der Waals surface area (Å²) >= 11 is 0. The summed E-state index contributed by atoms with van der Waals surface area (Å²) in [7, 11) is 0. The number of carboxylic acid groups (broad SMARTS) is 6. The number of nitrogen functional groups attached to an aromatic ring is 3. The second-order valence-corrected chi connectivity index (χ2v) is 20.1. The molecular formula is C57H54CaN21NaO18. The van der Waals surface area contributed by atoms with Crippen molar-refractivity contribution in [3.63, 3.8) is 0 Å². The molecular weight excluding hydrogens is 1330 g/mol. The first-order valence-electron chi connectivity index (χ1n) is 27.9. The number of amides is 3. The van der Waals surface area contributed by atoms with Crippen LogP contribution in [0.15, 0.2) is 106 Å². The number of aromatic amines is 3. The van der Waals surface area contributed by atoms with Crippen molar-refractivity contribution in [3.8, 4) is 0 Å². The van der Waals surface area contributed by atoms with Crippen LogP contribution in [0.4, 0.5) is 34.9 Å². The number of hydrogen-bond donors (Lipinski definition) is 15. The van der Waals surface area contributed by atoms with Gasteiger partial charge in [-0.2, -0.15) is 15.0 Å². The zero-order valence-electron chi connectivity index (χ0n) is 51.2. The molecule has 3 amide bonds. The predicted octanol–water partition coefficient (Wildman–Crippen LogP) is -7.52. The molecule has 18 N–H and O–H groups in total. The molecule has 0 spiro atoms. The first-order valence-corrected chi connectivity index (χ1v) is 27.9. The molecule has 0 bridgehead atoms. The maximum Gasteiger partial charge on any atom is 2.00 e.